The van der Waals surface area contributed by atoms with Gasteiger partial charge in [-0.3, -0.25) is 0 Å². The van der Waals surface area contributed by atoms with Crippen molar-refractivity contribution in [2.24, 2.45) is 0 Å². The lowest BCUT2D eigenvalue weighted by molar-refractivity contribution is 0.200. The lowest BCUT2D eigenvalue weighted by atomic mass is 10.1. The van der Waals surface area contributed by atoms with Gasteiger partial charge in [0, 0.05) is 11.3 Å². The second kappa shape index (κ2) is 4.89. The summed E-state index contributed by atoms with van der Waals surface area (Å²) in [6.07, 6.45) is 1.15. The molecule has 0 radical (unpaired) electrons. The highest BCUT2D eigenvalue weighted by atomic mass is 32.2. The average Bonchev–Trinajstić information content (AvgIpc) is 2.19. The number of phenols is 1. The predicted molar refractivity (Wildman–Crippen MR) is 56.2 cm³/mol. The van der Waals surface area contributed by atoms with Crippen molar-refractivity contribution in [3.63, 3.8) is 0 Å². The zero-order chi connectivity index (χ0) is 10.6. The molecule has 0 aliphatic carbocycles. The van der Waals surface area contributed by atoms with Crippen LogP contribution in [0, 0.1) is 11.3 Å². The predicted octanol–water partition coefficient (Wildman–Crippen LogP) is 1.66. The van der Waals surface area contributed by atoms with Gasteiger partial charge in [-0.2, -0.15) is 17.0 Å². The number of phenolic OH excluding ortho intramolecular Hbond substituents is 1. The first-order chi connectivity index (χ1) is 6.69. The van der Waals surface area contributed by atoms with E-state index in [9.17, 15) is 10.2 Å². The maximum absolute atomic E-state index is 9.63. The third-order valence-corrected chi connectivity index (χ3v) is 2.49. The van der Waals surface area contributed by atoms with Gasteiger partial charge in [0.2, 0.25) is 0 Å². The fourth-order valence-electron chi connectivity index (χ4n) is 1.14. The summed E-state index contributed by atoms with van der Waals surface area (Å²) in [4.78, 5) is 0. The number of aliphatic hydroxyl groups is 1. The molecule has 1 aromatic carbocycles. The number of rotatable bonds is 3. The van der Waals surface area contributed by atoms with Crippen molar-refractivity contribution in [3.8, 4) is 11.8 Å². The first-order valence-corrected chi connectivity index (χ1v) is 5.48. The largest absolute Gasteiger partial charge is 0.508 e. The first-order valence-electron chi connectivity index (χ1n) is 4.09. The molecule has 0 spiro atoms. The monoisotopic (exact) mass is 209 g/mol. The number of benzene rings is 1. The maximum Gasteiger partial charge on any atom is 0.121 e. The molecule has 2 N–H and O–H groups in total. The fraction of sp³-hybridized carbons (Fsp3) is 0.300. The van der Waals surface area contributed by atoms with E-state index in [1.54, 1.807) is 0 Å². The summed E-state index contributed by atoms with van der Waals surface area (Å²) in [6, 6.07) is 6.42. The number of hydrogen-bond donors (Lipinski definition) is 2. The number of hydrogen-bond acceptors (Lipinski definition) is 4. The summed E-state index contributed by atoms with van der Waals surface area (Å²) >= 11 is 1.48. The smallest absolute Gasteiger partial charge is 0.121 e. The molecule has 74 valence electrons. The molecule has 3 nitrogen and oxygen atoms in total. The Hall–Kier alpha value is -1.18. The van der Waals surface area contributed by atoms with Crippen molar-refractivity contribution >= 4 is 11.8 Å². The van der Waals surface area contributed by atoms with Gasteiger partial charge in [-0.05, 0) is 24.5 Å². The van der Waals surface area contributed by atoms with Crippen molar-refractivity contribution in [3.05, 3.63) is 29.3 Å². The molecule has 1 atom stereocenters. The van der Waals surface area contributed by atoms with E-state index < -0.39 is 6.10 Å². The van der Waals surface area contributed by atoms with Crippen molar-refractivity contribution in [1.29, 1.82) is 5.26 Å². The number of aliphatic hydroxyl groups excluding tert-OH is 1. The Bertz CT molecular complexity index is 360. The summed E-state index contributed by atoms with van der Waals surface area (Å²) in [5, 5.41) is 27.7. The van der Waals surface area contributed by atoms with Crippen molar-refractivity contribution in [2.45, 2.75) is 6.10 Å². The van der Waals surface area contributed by atoms with Gasteiger partial charge in [0.1, 0.15) is 5.75 Å². The third kappa shape index (κ3) is 2.41. The van der Waals surface area contributed by atoms with Crippen molar-refractivity contribution in [2.75, 3.05) is 12.0 Å². The molecule has 0 saturated heterocycles. The molecule has 0 aliphatic rings. The van der Waals surface area contributed by atoms with E-state index in [2.05, 4.69) is 0 Å². The van der Waals surface area contributed by atoms with Crippen molar-refractivity contribution < 1.29 is 10.2 Å². The second-order valence-corrected chi connectivity index (χ2v) is 3.77. The summed E-state index contributed by atoms with van der Waals surface area (Å²) in [5.41, 5.74) is 0.858. The molecule has 0 saturated carbocycles. The van der Waals surface area contributed by atoms with Gasteiger partial charge in [-0.15, -0.1) is 0 Å². The van der Waals surface area contributed by atoms with Crippen LogP contribution >= 0.6 is 11.8 Å². The molecule has 1 aromatic rings. The van der Waals surface area contributed by atoms with E-state index in [0.717, 1.165) is 0 Å². The lowest BCUT2D eigenvalue weighted by Gasteiger charge is -2.11. The minimum absolute atomic E-state index is 0.0329. The Kier molecular flexibility index (Phi) is 3.81. The molecule has 0 bridgehead atoms. The van der Waals surface area contributed by atoms with E-state index in [1.807, 2.05) is 12.3 Å². The van der Waals surface area contributed by atoms with Gasteiger partial charge in [0.05, 0.1) is 17.7 Å². The lowest BCUT2D eigenvalue weighted by Crippen LogP contribution is -2.01. The number of aromatic hydroxyl groups is 1. The van der Waals surface area contributed by atoms with E-state index in [0.29, 0.717) is 16.9 Å². The molecule has 0 aliphatic heterocycles. The summed E-state index contributed by atoms with van der Waals surface area (Å²) in [7, 11) is 0. The molecule has 1 unspecified atom stereocenters. The molecular formula is C10H11NO2S. The van der Waals surface area contributed by atoms with E-state index in [-0.39, 0.29) is 5.75 Å². The summed E-state index contributed by atoms with van der Waals surface area (Å²) in [5.74, 6) is 0.535. The van der Waals surface area contributed by atoms with Crippen LogP contribution in [0.3, 0.4) is 0 Å². The van der Waals surface area contributed by atoms with E-state index in [1.165, 1.54) is 30.0 Å². The zero-order valence-electron chi connectivity index (χ0n) is 7.77. The Labute approximate surface area is 87.0 Å². The first kappa shape index (κ1) is 10.9. The van der Waals surface area contributed by atoms with Crippen molar-refractivity contribution in [1.82, 2.24) is 0 Å². The van der Waals surface area contributed by atoms with Gasteiger partial charge in [-0.25, -0.2) is 0 Å². The van der Waals surface area contributed by atoms with Crippen LogP contribution in [-0.2, 0) is 0 Å². The normalized spacial score (nSPS) is 12.1. The maximum atomic E-state index is 9.63. The SMILES string of the molecule is CSCC(O)c1cc(C#N)ccc1O. The van der Waals surface area contributed by atoms with Crippen LogP contribution in [0.15, 0.2) is 18.2 Å². The van der Waals surface area contributed by atoms with Crippen LogP contribution in [0.2, 0.25) is 0 Å². The summed E-state index contributed by atoms with van der Waals surface area (Å²) < 4.78 is 0. The van der Waals surface area contributed by atoms with Crippen LogP contribution in [-0.4, -0.2) is 22.2 Å². The van der Waals surface area contributed by atoms with Gasteiger partial charge in [0.25, 0.3) is 0 Å². The number of thioether (sulfide) groups is 1. The number of nitrogens with zero attached hydrogens (tertiary/aromatic N) is 1. The molecular weight excluding hydrogens is 198 g/mol. The highest BCUT2D eigenvalue weighted by molar-refractivity contribution is 7.98. The highest BCUT2D eigenvalue weighted by Crippen LogP contribution is 2.26. The van der Waals surface area contributed by atoms with Crippen LogP contribution in [0.4, 0.5) is 0 Å². The van der Waals surface area contributed by atoms with Crippen LogP contribution < -0.4 is 0 Å². The molecule has 1 rings (SSSR count). The number of nitriles is 1. The van der Waals surface area contributed by atoms with Gasteiger partial charge in [-0.1, -0.05) is 0 Å². The fourth-order valence-corrected chi connectivity index (χ4v) is 1.63. The average molecular weight is 209 g/mol. The highest BCUT2D eigenvalue weighted by Gasteiger charge is 2.12. The molecule has 0 amide bonds. The Morgan fingerprint density at radius 1 is 1.57 bits per heavy atom. The van der Waals surface area contributed by atoms with Gasteiger partial charge in [0.15, 0.2) is 0 Å². The quantitative estimate of drug-likeness (QED) is 0.794. The Morgan fingerprint density at radius 3 is 2.86 bits per heavy atom. The Balaban J connectivity index is 3.01. The minimum atomic E-state index is -0.724. The molecule has 0 fully saturated rings. The molecule has 0 heterocycles. The van der Waals surface area contributed by atoms with Crippen LogP contribution in [0.1, 0.15) is 17.2 Å². The van der Waals surface area contributed by atoms with E-state index in [4.69, 9.17) is 5.26 Å². The molecule has 4 heteroatoms. The van der Waals surface area contributed by atoms with E-state index >= 15 is 0 Å². The van der Waals surface area contributed by atoms with Gasteiger partial charge >= 0.3 is 0 Å². The standard InChI is InChI=1S/C10H11NO2S/c1-14-6-10(13)8-4-7(5-11)2-3-9(8)12/h2-4,10,12-13H,6H2,1H3. The third-order valence-electron chi connectivity index (χ3n) is 1.84. The summed E-state index contributed by atoms with van der Waals surface area (Å²) in [6.45, 7) is 0. The van der Waals surface area contributed by atoms with Gasteiger partial charge < -0.3 is 10.2 Å². The minimum Gasteiger partial charge on any atom is -0.508 e. The topological polar surface area (TPSA) is 64.2 Å². The van der Waals surface area contributed by atoms with Crippen LogP contribution in [0.25, 0.3) is 0 Å². The second-order valence-electron chi connectivity index (χ2n) is 2.86. The van der Waals surface area contributed by atoms with Crippen LogP contribution in [0.5, 0.6) is 5.75 Å². The zero-order valence-corrected chi connectivity index (χ0v) is 8.58. The Morgan fingerprint density at radius 2 is 2.29 bits per heavy atom. The molecule has 0 aromatic heterocycles. The molecule has 14 heavy (non-hydrogen) atoms.